The summed E-state index contributed by atoms with van der Waals surface area (Å²) in [7, 11) is 0. The first-order chi connectivity index (χ1) is 8.95. The average Bonchev–Trinajstić information content (AvgIpc) is 2.20. The monoisotopic (exact) mass is 292 g/mol. The molecule has 0 heterocycles. The third-order valence-corrected chi connectivity index (χ3v) is 1.91. The van der Waals surface area contributed by atoms with E-state index in [9.17, 15) is 9.59 Å². The summed E-state index contributed by atoms with van der Waals surface area (Å²) >= 11 is 0. The van der Waals surface area contributed by atoms with Gasteiger partial charge in [-0.25, -0.2) is 0 Å². The maximum atomic E-state index is 10.2. The molecule has 0 aromatic heterocycles. The standard InChI is InChI=1S/C6H14N4O2.C5H10O3/c7-4(5(11)12)2-1-3-10-6(8)9;1-5(2,8)3-4(6)7/h4H,1-3,7H2,(H,11,12)(H4,8,9,10);8H,3H2,1-2H3,(H,6,7)/t4-;/m0./s1. The molecule has 0 aromatic carbocycles. The number of nitrogens with one attached hydrogen (secondary N) is 2. The molecule has 0 saturated carbocycles. The second-order valence-corrected chi connectivity index (χ2v) is 4.81. The Bertz CT molecular complexity index is 327. The molecule has 0 aromatic rings. The Morgan fingerprint density at radius 1 is 1.35 bits per heavy atom. The van der Waals surface area contributed by atoms with E-state index in [1.165, 1.54) is 13.8 Å². The molecular formula is C11H24N4O5. The highest BCUT2D eigenvalue weighted by Gasteiger charge is 2.16. The van der Waals surface area contributed by atoms with Crippen LogP contribution in [-0.2, 0) is 9.59 Å². The van der Waals surface area contributed by atoms with Crippen LogP contribution in [0.5, 0.6) is 0 Å². The zero-order valence-corrected chi connectivity index (χ0v) is 11.7. The van der Waals surface area contributed by atoms with Crippen molar-refractivity contribution in [2.24, 2.45) is 11.5 Å². The minimum absolute atomic E-state index is 0.112. The molecular weight excluding hydrogens is 268 g/mol. The van der Waals surface area contributed by atoms with Gasteiger partial charge in [-0.3, -0.25) is 15.0 Å². The highest BCUT2D eigenvalue weighted by Crippen LogP contribution is 2.05. The number of carboxylic acids is 2. The number of aliphatic hydroxyl groups is 1. The van der Waals surface area contributed by atoms with Gasteiger partial charge < -0.3 is 32.1 Å². The van der Waals surface area contributed by atoms with Crippen LogP contribution in [0.2, 0.25) is 0 Å². The smallest absolute Gasteiger partial charge is 0.320 e. The van der Waals surface area contributed by atoms with E-state index in [2.05, 4.69) is 5.32 Å². The number of guanidine groups is 1. The van der Waals surface area contributed by atoms with Crippen molar-refractivity contribution >= 4 is 17.9 Å². The zero-order chi connectivity index (χ0) is 16.3. The minimum Gasteiger partial charge on any atom is -0.481 e. The summed E-state index contributed by atoms with van der Waals surface area (Å²) in [6.07, 6.45) is 0.773. The zero-order valence-electron chi connectivity index (χ0n) is 11.7. The molecule has 0 unspecified atom stereocenters. The normalized spacial score (nSPS) is 11.8. The van der Waals surface area contributed by atoms with Crippen LogP contribution in [0.1, 0.15) is 33.1 Å². The van der Waals surface area contributed by atoms with E-state index in [4.69, 9.17) is 32.2 Å². The molecule has 0 radical (unpaired) electrons. The Morgan fingerprint density at radius 2 is 1.85 bits per heavy atom. The van der Waals surface area contributed by atoms with E-state index in [0.717, 1.165) is 0 Å². The molecule has 0 fully saturated rings. The van der Waals surface area contributed by atoms with Crippen molar-refractivity contribution in [1.82, 2.24) is 5.32 Å². The van der Waals surface area contributed by atoms with E-state index in [-0.39, 0.29) is 12.4 Å². The lowest BCUT2D eigenvalue weighted by molar-refractivity contribution is -0.141. The van der Waals surface area contributed by atoms with E-state index in [0.29, 0.717) is 19.4 Å². The molecule has 118 valence electrons. The molecule has 1 atom stereocenters. The third-order valence-electron chi connectivity index (χ3n) is 1.91. The molecule has 9 N–H and O–H groups in total. The van der Waals surface area contributed by atoms with Crippen molar-refractivity contribution < 1.29 is 24.9 Å². The first-order valence-electron chi connectivity index (χ1n) is 5.96. The lowest BCUT2D eigenvalue weighted by Gasteiger charge is -2.12. The lowest BCUT2D eigenvalue weighted by Crippen LogP contribution is -2.34. The van der Waals surface area contributed by atoms with Crippen LogP contribution in [0.4, 0.5) is 0 Å². The van der Waals surface area contributed by atoms with Crippen LogP contribution < -0.4 is 16.8 Å². The molecule has 0 saturated heterocycles. The summed E-state index contributed by atoms with van der Waals surface area (Å²) in [5.74, 6) is -2.09. The molecule has 0 spiro atoms. The number of carbonyl (C=O) groups is 2. The van der Waals surface area contributed by atoms with Crippen molar-refractivity contribution in [3.05, 3.63) is 0 Å². The molecule has 0 aliphatic rings. The predicted octanol–water partition coefficient (Wildman–Crippen LogP) is -1.11. The van der Waals surface area contributed by atoms with Crippen LogP contribution in [0.15, 0.2) is 0 Å². The fourth-order valence-corrected chi connectivity index (χ4v) is 1.04. The van der Waals surface area contributed by atoms with Crippen LogP contribution in [0.25, 0.3) is 0 Å². The summed E-state index contributed by atoms with van der Waals surface area (Å²) in [6.45, 7) is 3.40. The van der Waals surface area contributed by atoms with Gasteiger partial charge in [0.2, 0.25) is 0 Å². The summed E-state index contributed by atoms with van der Waals surface area (Å²) in [5, 5.41) is 34.6. The maximum Gasteiger partial charge on any atom is 0.320 e. The molecule has 0 aliphatic heterocycles. The summed E-state index contributed by atoms with van der Waals surface area (Å²) in [6, 6.07) is -0.821. The van der Waals surface area contributed by atoms with E-state index in [1.54, 1.807) is 0 Å². The SMILES string of the molecule is CC(C)(O)CC(=O)O.N=C(N)NCCC[C@H](N)C(=O)O. The molecule has 0 rings (SSSR count). The predicted molar refractivity (Wildman–Crippen MR) is 73.3 cm³/mol. The van der Waals surface area contributed by atoms with Gasteiger partial charge in [-0.05, 0) is 26.7 Å². The second kappa shape index (κ2) is 9.98. The third kappa shape index (κ3) is 18.5. The van der Waals surface area contributed by atoms with Gasteiger partial charge in [0.1, 0.15) is 6.04 Å². The van der Waals surface area contributed by atoms with E-state index >= 15 is 0 Å². The molecule has 0 bridgehead atoms. The maximum absolute atomic E-state index is 10.2. The first-order valence-corrected chi connectivity index (χ1v) is 5.96. The Labute approximate surface area is 117 Å². The summed E-state index contributed by atoms with van der Waals surface area (Å²) in [4.78, 5) is 20.1. The molecule has 20 heavy (non-hydrogen) atoms. The van der Waals surface area contributed by atoms with Gasteiger partial charge in [-0.15, -0.1) is 0 Å². The molecule has 0 amide bonds. The van der Waals surface area contributed by atoms with Gasteiger partial charge in [0.05, 0.1) is 12.0 Å². The largest absolute Gasteiger partial charge is 0.481 e. The quantitative estimate of drug-likeness (QED) is 0.175. The lowest BCUT2D eigenvalue weighted by atomic mass is 10.1. The van der Waals surface area contributed by atoms with Crippen LogP contribution >= 0.6 is 0 Å². The molecule has 0 aliphatic carbocycles. The van der Waals surface area contributed by atoms with Crippen LogP contribution in [0, 0.1) is 5.41 Å². The molecule has 9 heteroatoms. The van der Waals surface area contributed by atoms with Gasteiger partial charge in [0.15, 0.2) is 5.96 Å². The summed E-state index contributed by atoms with van der Waals surface area (Å²) in [5.41, 5.74) is 9.14. The first kappa shape index (κ1) is 20.4. The van der Waals surface area contributed by atoms with E-state index < -0.39 is 23.6 Å². The minimum atomic E-state index is -1.08. The van der Waals surface area contributed by atoms with Crippen molar-refractivity contribution in [3.63, 3.8) is 0 Å². The highest BCUT2D eigenvalue weighted by molar-refractivity contribution is 5.74. The fraction of sp³-hybridized carbons (Fsp3) is 0.727. The van der Waals surface area contributed by atoms with Gasteiger partial charge >= 0.3 is 11.9 Å². The van der Waals surface area contributed by atoms with Crippen LogP contribution in [0.3, 0.4) is 0 Å². The number of aliphatic carboxylic acids is 2. The molecule has 9 nitrogen and oxygen atoms in total. The fourth-order valence-electron chi connectivity index (χ4n) is 1.04. The van der Waals surface area contributed by atoms with Gasteiger partial charge in [-0.1, -0.05) is 0 Å². The number of nitrogens with two attached hydrogens (primary N) is 2. The van der Waals surface area contributed by atoms with Gasteiger partial charge in [0.25, 0.3) is 0 Å². The van der Waals surface area contributed by atoms with Crippen molar-refractivity contribution in [2.75, 3.05) is 6.54 Å². The van der Waals surface area contributed by atoms with Gasteiger partial charge in [-0.2, -0.15) is 0 Å². The van der Waals surface area contributed by atoms with E-state index in [1.807, 2.05) is 0 Å². The second-order valence-electron chi connectivity index (χ2n) is 4.81. The Hall–Kier alpha value is -1.87. The number of carboxylic acid groups (broad SMARTS) is 2. The van der Waals surface area contributed by atoms with Crippen molar-refractivity contribution in [1.29, 1.82) is 5.41 Å². The number of rotatable bonds is 7. The Balaban J connectivity index is 0. The number of hydrogen-bond acceptors (Lipinski definition) is 5. The highest BCUT2D eigenvalue weighted by atomic mass is 16.4. The van der Waals surface area contributed by atoms with Crippen LogP contribution in [-0.4, -0.2) is 51.4 Å². The average molecular weight is 292 g/mol. The van der Waals surface area contributed by atoms with Crippen molar-refractivity contribution in [2.45, 2.75) is 44.8 Å². The Kier molecular flexibility index (Phi) is 10.2. The number of hydrogen-bond donors (Lipinski definition) is 7. The summed E-state index contributed by atoms with van der Waals surface area (Å²) < 4.78 is 0. The van der Waals surface area contributed by atoms with Gasteiger partial charge in [0, 0.05) is 6.54 Å². The topological polar surface area (TPSA) is 183 Å². The Morgan fingerprint density at radius 3 is 2.10 bits per heavy atom. The van der Waals surface area contributed by atoms with Crippen molar-refractivity contribution in [3.8, 4) is 0 Å².